The Labute approximate surface area is 117 Å². The molecule has 1 unspecified atom stereocenters. The van der Waals surface area contributed by atoms with Gasteiger partial charge in [-0.2, -0.15) is 0 Å². The van der Waals surface area contributed by atoms with E-state index in [0.29, 0.717) is 18.0 Å². The molecule has 1 aromatic rings. The lowest BCUT2D eigenvalue weighted by Gasteiger charge is -2.11. The van der Waals surface area contributed by atoms with Crippen molar-refractivity contribution < 1.29 is 13.2 Å². The topological polar surface area (TPSA) is 55.4 Å². The molecule has 0 saturated carbocycles. The van der Waals surface area contributed by atoms with Crippen LogP contribution in [0, 0.1) is 13.8 Å². The molecule has 1 aromatic carbocycles. The Balaban J connectivity index is 2.77. The summed E-state index contributed by atoms with van der Waals surface area (Å²) in [7, 11) is -1.87. The van der Waals surface area contributed by atoms with E-state index < -0.39 is 10.0 Å². The van der Waals surface area contributed by atoms with Gasteiger partial charge in [-0.05, 0) is 37.1 Å². The third kappa shape index (κ3) is 4.35. The molecule has 0 saturated heterocycles. The van der Waals surface area contributed by atoms with Crippen LogP contribution in [0.1, 0.15) is 11.1 Å². The van der Waals surface area contributed by atoms with Crippen molar-refractivity contribution in [3.05, 3.63) is 29.3 Å². The molecule has 18 heavy (non-hydrogen) atoms. The number of hydrogen-bond donors (Lipinski definition) is 1. The summed E-state index contributed by atoms with van der Waals surface area (Å²) in [5, 5.41) is 0. The molecule has 0 fully saturated rings. The average molecular weight is 336 g/mol. The summed E-state index contributed by atoms with van der Waals surface area (Å²) in [5.74, 6) is 0. The van der Waals surface area contributed by atoms with Gasteiger partial charge in [0, 0.05) is 13.7 Å². The Morgan fingerprint density at radius 3 is 2.56 bits per heavy atom. The number of rotatable bonds is 6. The molecule has 1 atom stereocenters. The summed E-state index contributed by atoms with van der Waals surface area (Å²) in [6.07, 6.45) is 0. The first-order valence-corrected chi connectivity index (χ1v) is 7.96. The van der Waals surface area contributed by atoms with E-state index in [2.05, 4.69) is 20.7 Å². The normalized spacial score (nSPS) is 13.6. The molecular formula is C12H18BrNO3S. The summed E-state index contributed by atoms with van der Waals surface area (Å²) < 4.78 is 31.5. The molecule has 0 amide bonds. The van der Waals surface area contributed by atoms with Crippen LogP contribution in [0.3, 0.4) is 0 Å². The lowest BCUT2D eigenvalue weighted by atomic mass is 10.1. The fourth-order valence-electron chi connectivity index (χ4n) is 1.40. The van der Waals surface area contributed by atoms with Crippen LogP contribution in [0.4, 0.5) is 0 Å². The highest BCUT2D eigenvalue weighted by Gasteiger charge is 2.16. The number of alkyl halides is 1. The lowest BCUT2D eigenvalue weighted by molar-refractivity contribution is 0.201. The molecule has 0 radical (unpaired) electrons. The van der Waals surface area contributed by atoms with Crippen LogP contribution < -0.4 is 4.72 Å². The molecule has 6 heteroatoms. The third-order valence-electron chi connectivity index (χ3n) is 2.63. The van der Waals surface area contributed by atoms with E-state index in [9.17, 15) is 8.42 Å². The third-order valence-corrected chi connectivity index (χ3v) is 4.64. The Hall–Kier alpha value is -0.430. The predicted molar refractivity (Wildman–Crippen MR) is 75.7 cm³/mol. The minimum absolute atomic E-state index is 0.0381. The van der Waals surface area contributed by atoms with Gasteiger partial charge in [-0.1, -0.05) is 22.0 Å². The van der Waals surface area contributed by atoms with Gasteiger partial charge in [-0.3, -0.25) is 0 Å². The smallest absolute Gasteiger partial charge is 0.240 e. The summed E-state index contributed by atoms with van der Waals surface area (Å²) in [6, 6.07) is 5.10. The Kier molecular flexibility index (Phi) is 5.78. The fraction of sp³-hybridized carbons (Fsp3) is 0.500. The van der Waals surface area contributed by atoms with E-state index in [1.165, 1.54) is 0 Å². The molecule has 0 heterocycles. The monoisotopic (exact) mass is 335 g/mol. The molecular weight excluding hydrogens is 318 g/mol. The zero-order chi connectivity index (χ0) is 13.8. The van der Waals surface area contributed by atoms with Crippen molar-refractivity contribution in [2.24, 2.45) is 0 Å². The number of aryl methyl sites for hydroxylation is 2. The lowest BCUT2D eigenvalue weighted by Crippen LogP contribution is -2.31. The number of sulfonamides is 1. The minimum Gasteiger partial charge on any atom is -0.383 e. The van der Waals surface area contributed by atoms with E-state index in [4.69, 9.17) is 4.74 Å². The van der Waals surface area contributed by atoms with E-state index in [-0.39, 0.29) is 4.83 Å². The van der Waals surface area contributed by atoms with E-state index in [1.807, 2.05) is 19.9 Å². The molecule has 0 aliphatic heterocycles. The average Bonchev–Trinajstić information content (AvgIpc) is 2.30. The van der Waals surface area contributed by atoms with Crippen molar-refractivity contribution in [3.8, 4) is 0 Å². The maximum absolute atomic E-state index is 12.0. The second kappa shape index (κ2) is 6.65. The second-order valence-electron chi connectivity index (χ2n) is 4.15. The van der Waals surface area contributed by atoms with Crippen molar-refractivity contribution in [1.29, 1.82) is 0 Å². The highest BCUT2D eigenvalue weighted by atomic mass is 79.9. The van der Waals surface area contributed by atoms with Crippen LogP contribution in [-0.4, -0.2) is 33.5 Å². The number of ether oxygens (including phenoxy) is 1. The van der Waals surface area contributed by atoms with E-state index in [1.54, 1.807) is 19.2 Å². The summed E-state index contributed by atoms with van der Waals surface area (Å²) in [4.78, 5) is 0.256. The number of nitrogens with one attached hydrogen (secondary N) is 1. The van der Waals surface area contributed by atoms with Crippen molar-refractivity contribution in [3.63, 3.8) is 0 Å². The van der Waals surface area contributed by atoms with Crippen LogP contribution in [0.25, 0.3) is 0 Å². The molecule has 0 bridgehead atoms. The van der Waals surface area contributed by atoms with Crippen molar-refractivity contribution in [2.45, 2.75) is 23.6 Å². The van der Waals surface area contributed by atoms with Gasteiger partial charge < -0.3 is 4.74 Å². The second-order valence-corrected chi connectivity index (χ2v) is 7.21. The SMILES string of the molecule is COCC(Br)CNS(=O)(=O)c1ccc(C)c(C)c1. The van der Waals surface area contributed by atoms with E-state index in [0.717, 1.165) is 11.1 Å². The van der Waals surface area contributed by atoms with Gasteiger partial charge in [0.05, 0.1) is 16.3 Å². The number of halogens is 1. The van der Waals surface area contributed by atoms with Crippen LogP contribution in [0.15, 0.2) is 23.1 Å². The molecule has 4 nitrogen and oxygen atoms in total. The quantitative estimate of drug-likeness (QED) is 0.809. The van der Waals surface area contributed by atoms with Gasteiger partial charge in [0.15, 0.2) is 0 Å². The molecule has 1 rings (SSSR count). The maximum Gasteiger partial charge on any atom is 0.240 e. The highest BCUT2D eigenvalue weighted by molar-refractivity contribution is 9.09. The summed E-state index contributed by atoms with van der Waals surface area (Å²) in [6.45, 7) is 4.59. The molecule has 102 valence electrons. The van der Waals surface area contributed by atoms with Crippen LogP contribution in [0.5, 0.6) is 0 Å². The number of benzene rings is 1. The van der Waals surface area contributed by atoms with Crippen LogP contribution in [0.2, 0.25) is 0 Å². The van der Waals surface area contributed by atoms with Gasteiger partial charge in [0.2, 0.25) is 10.0 Å². The zero-order valence-corrected chi connectivity index (χ0v) is 13.1. The first-order chi connectivity index (χ1) is 8.36. The van der Waals surface area contributed by atoms with Gasteiger partial charge in [-0.15, -0.1) is 0 Å². The van der Waals surface area contributed by atoms with Crippen molar-refractivity contribution in [2.75, 3.05) is 20.3 Å². The highest BCUT2D eigenvalue weighted by Crippen LogP contribution is 2.14. The predicted octanol–water partition coefficient (Wildman–Crippen LogP) is 1.99. The van der Waals surface area contributed by atoms with Gasteiger partial charge in [-0.25, -0.2) is 13.1 Å². The Morgan fingerprint density at radius 2 is 2.00 bits per heavy atom. The van der Waals surface area contributed by atoms with Gasteiger partial charge in [0.1, 0.15) is 0 Å². The standard InChI is InChI=1S/C12H18BrNO3S/c1-9-4-5-12(6-10(9)2)18(15,16)14-7-11(13)8-17-3/h4-6,11,14H,7-8H2,1-3H3. The number of methoxy groups -OCH3 is 1. The van der Waals surface area contributed by atoms with Crippen LogP contribution >= 0.6 is 15.9 Å². The van der Waals surface area contributed by atoms with Gasteiger partial charge in [0.25, 0.3) is 0 Å². The summed E-state index contributed by atoms with van der Waals surface area (Å²) >= 11 is 3.34. The molecule has 0 aliphatic carbocycles. The molecule has 0 spiro atoms. The molecule has 1 N–H and O–H groups in total. The first-order valence-electron chi connectivity index (χ1n) is 5.56. The van der Waals surface area contributed by atoms with Crippen LogP contribution in [-0.2, 0) is 14.8 Å². The molecule has 0 aromatic heterocycles. The first kappa shape index (κ1) is 15.6. The van der Waals surface area contributed by atoms with E-state index >= 15 is 0 Å². The molecule has 0 aliphatic rings. The van der Waals surface area contributed by atoms with Crippen molar-refractivity contribution >= 4 is 26.0 Å². The zero-order valence-electron chi connectivity index (χ0n) is 10.7. The Morgan fingerprint density at radius 1 is 1.33 bits per heavy atom. The largest absolute Gasteiger partial charge is 0.383 e. The minimum atomic E-state index is -3.45. The van der Waals surface area contributed by atoms with Crippen molar-refractivity contribution in [1.82, 2.24) is 4.72 Å². The number of hydrogen-bond acceptors (Lipinski definition) is 3. The maximum atomic E-state index is 12.0. The summed E-state index contributed by atoms with van der Waals surface area (Å²) in [5.41, 5.74) is 2.04. The Bertz CT molecular complexity index is 502. The van der Waals surface area contributed by atoms with Gasteiger partial charge >= 0.3 is 0 Å². The fourth-order valence-corrected chi connectivity index (χ4v) is 3.21.